The minimum absolute atomic E-state index is 0.0288. The van der Waals surface area contributed by atoms with Gasteiger partial charge in [0.2, 0.25) is 0 Å². The van der Waals surface area contributed by atoms with Crippen LogP contribution in [-0.4, -0.2) is 23.3 Å². The first kappa shape index (κ1) is 19.6. The molecule has 0 N–H and O–H groups in total. The molecule has 0 radical (unpaired) electrons. The van der Waals surface area contributed by atoms with E-state index in [9.17, 15) is 14.9 Å². The van der Waals surface area contributed by atoms with Gasteiger partial charge in [-0.05, 0) is 55.3 Å². The average Bonchev–Trinajstić information content (AvgIpc) is 3.25. The predicted molar refractivity (Wildman–Crippen MR) is 119 cm³/mol. The van der Waals surface area contributed by atoms with Crippen LogP contribution in [0.1, 0.15) is 18.7 Å². The van der Waals surface area contributed by atoms with Gasteiger partial charge in [0, 0.05) is 36.3 Å². The number of benzene rings is 1. The lowest BCUT2D eigenvalue weighted by Gasteiger charge is -2.26. The van der Waals surface area contributed by atoms with E-state index in [4.69, 9.17) is 11.6 Å². The van der Waals surface area contributed by atoms with Gasteiger partial charge in [-0.3, -0.25) is 14.5 Å². The molecule has 0 fully saturated rings. The van der Waals surface area contributed by atoms with Gasteiger partial charge in [-0.2, -0.15) is 5.26 Å². The molecule has 1 aliphatic rings. The fourth-order valence-electron chi connectivity index (χ4n) is 3.24. The number of fused-ring (bicyclic) bond motifs is 1. The second-order valence-corrected chi connectivity index (χ2v) is 9.15. The van der Waals surface area contributed by atoms with Gasteiger partial charge in [-0.1, -0.05) is 23.7 Å². The summed E-state index contributed by atoms with van der Waals surface area (Å²) in [4.78, 5) is 28.2. The molecule has 4 nitrogen and oxygen atoms in total. The molecule has 3 aromatic rings. The fourth-order valence-corrected chi connectivity index (χ4v) is 5.72. The molecule has 4 rings (SSSR count). The third-order valence-electron chi connectivity index (χ3n) is 4.78. The van der Waals surface area contributed by atoms with Crippen LogP contribution in [0.2, 0.25) is 5.02 Å². The van der Waals surface area contributed by atoms with Crippen molar-refractivity contribution in [3.05, 3.63) is 63.0 Å². The van der Waals surface area contributed by atoms with Crippen LogP contribution in [0.4, 0.5) is 0 Å². The van der Waals surface area contributed by atoms with Crippen molar-refractivity contribution in [2.75, 3.05) is 6.54 Å². The van der Waals surface area contributed by atoms with E-state index in [1.54, 1.807) is 42.6 Å². The molecule has 0 unspecified atom stereocenters. The summed E-state index contributed by atoms with van der Waals surface area (Å²) in [6.45, 7) is 3.61. The Morgan fingerprint density at radius 3 is 2.41 bits per heavy atom. The normalized spacial score (nSPS) is 16.2. The van der Waals surface area contributed by atoms with E-state index >= 15 is 0 Å². The maximum absolute atomic E-state index is 12.8. The smallest absolute Gasteiger partial charge is 0.271 e. The Bertz CT molecular complexity index is 1220. The average molecular weight is 439 g/mol. The topological polar surface area (TPSA) is 61.2 Å². The first-order valence-electron chi connectivity index (χ1n) is 8.91. The Labute approximate surface area is 180 Å². The lowest BCUT2D eigenvalue weighted by atomic mass is 9.95. The predicted octanol–water partition coefficient (Wildman–Crippen LogP) is 5.90. The van der Waals surface area contributed by atoms with E-state index < -0.39 is 5.91 Å². The number of carbonyl (C=O) groups excluding carboxylic acids is 2. The van der Waals surface area contributed by atoms with Gasteiger partial charge in [0.15, 0.2) is 0 Å². The number of thiophene rings is 2. The summed E-state index contributed by atoms with van der Waals surface area (Å²) in [5.41, 5.74) is 1.97. The van der Waals surface area contributed by atoms with Gasteiger partial charge in [0.25, 0.3) is 11.8 Å². The number of amides is 2. The maximum Gasteiger partial charge on any atom is 0.271 e. The van der Waals surface area contributed by atoms with Gasteiger partial charge in [0.1, 0.15) is 11.6 Å². The first-order valence-corrected chi connectivity index (χ1v) is 10.9. The molecule has 0 atom stereocenters. The van der Waals surface area contributed by atoms with Crippen molar-refractivity contribution in [1.29, 1.82) is 5.26 Å². The highest BCUT2D eigenvalue weighted by Crippen LogP contribution is 2.40. The number of imide groups is 1. The van der Waals surface area contributed by atoms with Crippen molar-refractivity contribution in [2.45, 2.75) is 13.8 Å². The van der Waals surface area contributed by atoms with Crippen LogP contribution in [0.5, 0.6) is 0 Å². The SMILES string of the molecule is CCN1C(=O)C(C#N)=C(C)/C(=C/c2cc3sc(-c4ccc(Cl)cc4)cc3s2)C1=O. The Kier molecular flexibility index (Phi) is 5.13. The quantitative estimate of drug-likeness (QED) is 0.378. The van der Waals surface area contributed by atoms with E-state index in [-0.39, 0.29) is 18.0 Å². The van der Waals surface area contributed by atoms with Crippen LogP contribution < -0.4 is 0 Å². The molecule has 0 spiro atoms. The summed E-state index contributed by atoms with van der Waals surface area (Å²) >= 11 is 9.22. The van der Waals surface area contributed by atoms with Crippen LogP contribution in [-0.2, 0) is 9.59 Å². The summed E-state index contributed by atoms with van der Waals surface area (Å²) in [7, 11) is 0. The summed E-state index contributed by atoms with van der Waals surface area (Å²) in [6.07, 6.45) is 1.78. The molecule has 144 valence electrons. The van der Waals surface area contributed by atoms with Crippen LogP contribution in [0.15, 0.2) is 53.1 Å². The Hall–Kier alpha value is -2.72. The highest BCUT2D eigenvalue weighted by atomic mass is 35.5. The molecule has 7 heteroatoms. The van der Waals surface area contributed by atoms with Crippen molar-refractivity contribution in [3.63, 3.8) is 0 Å². The number of likely N-dealkylation sites (N-methyl/N-ethyl adjacent to an activating group) is 1. The molecule has 3 heterocycles. The molecule has 2 aromatic heterocycles. The Morgan fingerprint density at radius 2 is 1.79 bits per heavy atom. The Balaban J connectivity index is 1.74. The standard InChI is InChI=1S/C22H15ClN2O2S2/c1-3-25-21(26)16(12(2)17(11-24)22(25)27)8-15-9-19-20(28-15)10-18(29-19)13-4-6-14(23)7-5-13/h4-10H,3H2,1-2H3/b16-8-. The molecule has 0 saturated heterocycles. The number of hydrogen-bond donors (Lipinski definition) is 0. The van der Waals surface area contributed by atoms with Crippen molar-refractivity contribution in [1.82, 2.24) is 4.90 Å². The number of hydrogen-bond acceptors (Lipinski definition) is 5. The van der Waals surface area contributed by atoms with Crippen molar-refractivity contribution in [3.8, 4) is 16.5 Å². The van der Waals surface area contributed by atoms with Crippen LogP contribution in [0.25, 0.3) is 25.9 Å². The van der Waals surface area contributed by atoms with Crippen molar-refractivity contribution in [2.24, 2.45) is 0 Å². The zero-order chi connectivity index (χ0) is 20.7. The second-order valence-electron chi connectivity index (χ2n) is 6.52. The minimum atomic E-state index is -0.519. The van der Waals surface area contributed by atoms with E-state index in [2.05, 4.69) is 6.07 Å². The number of halogens is 1. The number of nitrogens with zero attached hydrogens (tertiary/aromatic N) is 2. The molecular formula is C22H15ClN2O2S2. The van der Waals surface area contributed by atoms with E-state index in [0.29, 0.717) is 16.2 Å². The highest BCUT2D eigenvalue weighted by Gasteiger charge is 2.34. The first-order chi connectivity index (χ1) is 13.9. The van der Waals surface area contributed by atoms with Crippen LogP contribution in [0, 0.1) is 11.3 Å². The van der Waals surface area contributed by atoms with Crippen molar-refractivity contribution < 1.29 is 9.59 Å². The summed E-state index contributed by atoms with van der Waals surface area (Å²) in [5.74, 6) is -0.873. The van der Waals surface area contributed by atoms with Gasteiger partial charge in [-0.15, -0.1) is 22.7 Å². The summed E-state index contributed by atoms with van der Waals surface area (Å²) in [6, 6.07) is 13.8. The van der Waals surface area contributed by atoms with Gasteiger partial charge < -0.3 is 0 Å². The monoisotopic (exact) mass is 438 g/mol. The molecule has 1 aliphatic heterocycles. The molecule has 29 heavy (non-hydrogen) atoms. The molecule has 0 aliphatic carbocycles. The molecule has 0 bridgehead atoms. The zero-order valence-electron chi connectivity index (χ0n) is 15.7. The number of nitriles is 1. The maximum atomic E-state index is 12.8. The van der Waals surface area contributed by atoms with Gasteiger partial charge in [0.05, 0.1) is 0 Å². The summed E-state index contributed by atoms with van der Waals surface area (Å²) in [5, 5.41) is 10.1. The molecule has 0 saturated carbocycles. The zero-order valence-corrected chi connectivity index (χ0v) is 18.0. The lowest BCUT2D eigenvalue weighted by Crippen LogP contribution is -2.42. The molecule has 2 amide bonds. The molecular weight excluding hydrogens is 424 g/mol. The van der Waals surface area contributed by atoms with Gasteiger partial charge >= 0.3 is 0 Å². The van der Waals surface area contributed by atoms with Crippen molar-refractivity contribution >= 4 is 61.6 Å². The van der Waals surface area contributed by atoms with Crippen LogP contribution in [0.3, 0.4) is 0 Å². The number of carbonyl (C=O) groups is 2. The van der Waals surface area contributed by atoms with Crippen LogP contribution >= 0.6 is 34.3 Å². The third-order valence-corrected chi connectivity index (χ3v) is 7.32. The van der Waals surface area contributed by atoms with E-state index in [1.807, 2.05) is 36.4 Å². The Morgan fingerprint density at radius 1 is 1.10 bits per heavy atom. The largest absolute Gasteiger partial charge is 0.274 e. The molecule has 1 aromatic carbocycles. The lowest BCUT2D eigenvalue weighted by molar-refractivity contribution is -0.140. The minimum Gasteiger partial charge on any atom is -0.274 e. The van der Waals surface area contributed by atoms with E-state index in [1.165, 1.54) is 0 Å². The third kappa shape index (κ3) is 3.42. The number of rotatable bonds is 3. The van der Waals surface area contributed by atoms with E-state index in [0.717, 1.165) is 29.6 Å². The summed E-state index contributed by atoms with van der Waals surface area (Å²) < 4.78 is 2.25. The highest BCUT2D eigenvalue weighted by molar-refractivity contribution is 7.29. The second kappa shape index (κ2) is 7.60. The van der Waals surface area contributed by atoms with Gasteiger partial charge in [-0.25, -0.2) is 0 Å². The fraction of sp³-hybridized carbons (Fsp3) is 0.136.